The van der Waals surface area contributed by atoms with E-state index in [0.29, 0.717) is 18.7 Å². The number of aromatic nitrogens is 1. The number of benzene rings is 2. The summed E-state index contributed by atoms with van der Waals surface area (Å²) in [6, 6.07) is 18.0. The van der Waals surface area contributed by atoms with Crippen LogP contribution < -0.4 is 10.6 Å². The molecule has 0 spiro atoms. The van der Waals surface area contributed by atoms with E-state index >= 15 is 0 Å². The van der Waals surface area contributed by atoms with Crippen molar-refractivity contribution in [1.82, 2.24) is 4.57 Å². The zero-order valence-corrected chi connectivity index (χ0v) is 14.3. The fourth-order valence-electron chi connectivity index (χ4n) is 3.48. The molecule has 0 bridgehead atoms. The van der Waals surface area contributed by atoms with Crippen LogP contribution >= 0.6 is 0 Å². The van der Waals surface area contributed by atoms with E-state index in [1.807, 2.05) is 54.3 Å². The molecule has 1 aliphatic rings. The van der Waals surface area contributed by atoms with Crippen molar-refractivity contribution in [1.29, 1.82) is 0 Å². The standard InChI is InChI=1S/C21H21N3O/c1-15-11-16(8-9-17(15)12-22)21(25)24-14-19-6-4-10-23(19)13-18-5-2-3-7-20(18)24/h2-11H,12-14,22H2,1H3. The topological polar surface area (TPSA) is 51.3 Å². The number of hydrogen-bond donors (Lipinski definition) is 1. The Labute approximate surface area is 147 Å². The second-order valence-corrected chi connectivity index (χ2v) is 6.49. The molecule has 0 aliphatic carbocycles. The van der Waals surface area contributed by atoms with Gasteiger partial charge in [-0.3, -0.25) is 4.79 Å². The van der Waals surface area contributed by atoms with E-state index in [0.717, 1.165) is 34.6 Å². The lowest BCUT2D eigenvalue weighted by Gasteiger charge is -2.23. The third kappa shape index (κ3) is 2.75. The molecule has 25 heavy (non-hydrogen) atoms. The van der Waals surface area contributed by atoms with E-state index in [1.165, 1.54) is 0 Å². The first-order valence-electron chi connectivity index (χ1n) is 8.51. The van der Waals surface area contributed by atoms with Gasteiger partial charge in [-0.05, 0) is 53.9 Å². The zero-order valence-electron chi connectivity index (χ0n) is 14.3. The highest BCUT2D eigenvalue weighted by Gasteiger charge is 2.24. The van der Waals surface area contributed by atoms with E-state index in [-0.39, 0.29) is 5.91 Å². The minimum absolute atomic E-state index is 0.0220. The van der Waals surface area contributed by atoms with Crippen LogP contribution in [0.1, 0.15) is 32.7 Å². The number of nitrogens with two attached hydrogens (primary N) is 1. The van der Waals surface area contributed by atoms with Gasteiger partial charge in [0.15, 0.2) is 0 Å². The molecule has 0 saturated heterocycles. The van der Waals surface area contributed by atoms with Crippen molar-refractivity contribution in [2.24, 2.45) is 5.73 Å². The van der Waals surface area contributed by atoms with Gasteiger partial charge in [0, 0.05) is 36.2 Å². The molecule has 0 saturated carbocycles. The lowest BCUT2D eigenvalue weighted by Crippen LogP contribution is -2.30. The van der Waals surface area contributed by atoms with Crippen molar-refractivity contribution >= 4 is 11.6 Å². The first-order valence-corrected chi connectivity index (χ1v) is 8.51. The van der Waals surface area contributed by atoms with E-state index < -0.39 is 0 Å². The van der Waals surface area contributed by atoms with Gasteiger partial charge in [0.25, 0.3) is 5.91 Å². The molecule has 4 heteroatoms. The van der Waals surface area contributed by atoms with Crippen LogP contribution in [-0.2, 0) is 19.6 Å². The third-order valence-electron chi connectivity index (χ3n) is 4.92. The van der Waals surface area contributed by atoms with Crippen LogP contribution in [0.25, 0.3) is 0 Å². The van der Waals surface area contributed by atoms with Gasteiger partial charge in [-0.25, -0.2) is 0 Å². The normalized spacial score (nSPS) is 13.1. The molecule has 2 heterocycles. The Kier molecular flexibility index (Phi) is 3.90. The van der Waals surface area contributed by atoms with Gasteiger partial charge in [-0.1, -0.05) is 24.3 Å². The molecule has 126 valence electrons. The van der Waals surface area contributed by atoms with Gasteiger partial charge >= 0.3 is 0 Å². The van der Waals surface area contributed by atoms with Gasteiger partial charge in [0.1, 0.15) is 0 Å². The quantitative estimate of drug-likeness (QED) is 0.782. The number of para-hydroxylation sites is 1. The van der Waals surface area contributed by atoms with E-state index in [9.17, 15) is 4.79 Å². The summed E-state index contributed by atoms with van der Waals surface area (Å²) in [6.07, 6.45) is 2.07. The molecule has 1 aliphatic heterocycles. The van der Waals surface area contributed by atoms with Gasteiger partial charge in [0.2, 0.25) is 0 Å². The van der Waals surface area contributed by atoms with Crippen molar-refractivity contribution in [3.05, 3.63) is 88.7 Å². The van der Waals surface area contributed by atoms with Gasteiger partial charge in [-0.2, -0.15) is 0 Å². The molecule has 3 aromatic rings. The fraction of sp³-hybridized carbons (Fsp3) is 0.190. The van der Waals surface area contributed by atoms with Crippen LogP contribution in [0.3, 0.4) is 0 Å². The highest BCUT2D eigenvalue weighted by molar-refractivity contribution is 6.06. The maximum atomic E-state index is 13.3. The predicted octanol–water partition coefficient (Wildman–Crippen LogP) is 3.46. The molecule has 0 radical (unpaired) electrons. The summed E-state index contributed by atoms with van der Waals surface area (Å²) in [5, 5.41) is 0. The summed E-state index contributed by atoms with van der Waals surface area (Å²) in [7, 11) is 0. The number of hydrogen-bond acceptors (Lipinski definition) is 2. The van der Waals surface area contributed by atoms with Crippen LogP contribution in [0.4, 0.5) is 5.69 Å². The Morgan fingerprint density at radius 1 is 1.08 bits per heavy atom. The largest absolute Gasteiger partial charge is 0.345 e. The van der Waals surface area contributed by atoms with Crippen LogP contribution in [0.5, 0.6) is 0 Å². The molecule has 4 rings (SSSR count). The lowest BCUT2D eigenvalue weighted by molar-refractivity contribution is 0.0985. The first-order chi connectivity index (χ1) is 12.2. The summed E-state index contributed by atoms with van der Waals surface area (Å²) in [5.74, 6) is 0.0220. The van der Waals surface area contributed by atoms with E-state index in [1.54, 1.807) is 0 Å². The molecular weight excluding hydrogens is 310 g/mol. The van der Waals surface area contributed by atoms with E-state index in [4.69, 9.17) is 5.73 Å². The van der Waals surface area contributed by atoms with Crippen LogP contribution in [-0.4, -0.2) is 10.5 Å². The van der Waals surface area contributed by atoms with Gasteiger partial charge in [-0.15, -0.1) is 0 Å². The molecule has 1 aromatic heterocycles. The van der Waals surface area contributed by atoms with Crippen LogP contribution in [0.2, 0.25) is 0 Å². The Morgan fingerprint density at radius 2 is 1.92 bits per heavy atom. The number of aryl methyl sites for hydroxylation is 1. The fourth-order valence-corrected chi connectivity index (χ4v) is 3.48. The number of carbonyl (C=O) groups excluding carboxylic acids is 1. The number of rotatable bonds is 2. The van der Waals surface area contributed by atoms with Gasteiger partial charge < -0.3 is 15.2 Å². The summed E-state index contributed by atoms with van der Waals surface area (Å²) >= 11 is 0. The smallest absolute Gasteiger partial charge is 0.258 e. The summed E-state index contributed by atoms with van der Waals surface area (Å²) in [4.78, 5) is 15.2. The Balaban J connectivity index is 1.78. The van der Waals surface area contributed by atoms with Crippen molar-refractivity contribution in [3.63, 3.8) is 0 Å². The van der Waals surface area contributed by atoms with Crippen molar-refractivity contribution in [2.75, 3.05) is 4.90 Å². The average Bonchev–Trinajstić information content (AvgIpc) is 3.00. The maximum Gasteiger partial charge on any atom is 0.258 e. The molecule has 1 amide bonds. The second-order valence-electron chi connectivity index (χ2n) is 6.49. The van der Waals surface area contributed by atoms with Crippen molar-refractivity contribution in [2.45, 2.75) is 26.6 Å². The zero-order chi connectivity index (χ0) is 17.4. The first kappa shape index (κ1) is 15.7. The van der Waals surface area contributed by atoms with Crippen molar-refractivity contribution < 1.29 is 4.79 Å². The predicted molar refractivity (Wildman–Crippen MR) is 99.6 cm³/mol. The highest BCUT2D eigenvalue weighted by atomic mass is 16.2. The van der Waals surface area contributed by atoms with Gasteiger partial charge in [0.05, 0.1) is 6.54 Å². The van der Waals surface area contributed by atoms with Crippen LogP contribution in [0.15, 0.2) is 60.8 Å². The second kappa shape index (κ2) is 6.22. The third-order valence-corrected chi connectivity index (χ3v) is 4.92. The minimum Gasteiger partial charge on any atom is -0.345 e. The number of carbonyl (C=O) groups is 1. The molecule has 4 nitrogen and oxygen atoms in total. The van der Waals surface area contributed by atoms with E-state index in [2.05, 4.69) is 22.9 Å². The SMILES string of the molecule is Cc1cc(C(=O)N2Cc3cccn3Cc3ccccc32)ccc1CN. The molecule has 2 N–H and O–H groups in total. The van der Waals surface area contributed by atoms with Crippen LogP contribution in [0, 0.1) is 6.92 Å². The number of amides is 1. The molecule has 0 atom stereocenters. The lowest BCUT2D eigenvalue weighted by atomic mass is 10.0. The Morgan fingerprint density at radius 3 is 2.72 bits per heavy atom. The summed E-state index contributed by atoms with van der Waals surface area (Å²) in [5.41, 5.74) is 11.8. The summed E-state index contributed by atoms with van der Waals surface area (Å²) in [6.45, 7) is 3.84. The molecular formula is C21H21N3O. The average molecular weight is 331 g/mol. The summed E-state index contributed by atoms with van der Waals surface area (Å²) < 4.78 is 2.20. The molecule has 0 unspecified atom stereocenters. The molecule has 2 aromatic carbocycles. The number of fused-ring (bicyclic) bond motifs is 2. The molecule has 0 fully saturated rings. The maximum absolute atomic E-state index is 13.3. The minimum atomic E-state index is 0.0220. The number of nitrogens with zero attached hydrogens (tertiary/aromatic N) is 2. The highest BCUT2D eigenvalue weighted by Crippen LogP contribution is 2.29. The number of anilines is 1. The van der Waals surface area contributed by atoms with Crippen molar-refractivity contribution in [3.8, 4) is 0 Å². The Bertz CT molecular complexity index is 942. The monoisotopic (exact) mass is 331 g/mol. The Hall–Kier alpha value is -2.85.